The summed E-state index contributed by atoms with van der Waals surface area (Å²) in [4.78, 5) is 14.7. The number of hydrogen-bond acceptors (Lipinski definition) is 2. The summed E-state index contributed by atoms with van der Waals surface area (Å²) in [6.07, 6.45) is 0.554. The average molecular weight is 265 g/mol. The molecule has 1 aliphatic rings. The van der Waals surface area contributed by atoms with E-state index in [2.05, 4.69) is 43.1 Å². The van der Waals surface area contributed by atoms with E-state index in [-0.39, 0.29) is 11.2 Å². The normalized spacial score (nSPS) is 20.8. The Morgan fingerprint density at radius 3 is 2.50 bits per heavy atom. The number of rotatable bonds is 3. The molecule has 0 aromatic heterocycles. The smallest absolute Gasteiger partial charge is 0.163 e. The lowest BCUT2D eigenvalue weighted by Gasteiger charge is -2.24. The first-order chi connectivity index (χ1) is 9.60. The summed E-state index contributed by atoms with van der Waals surface area (Å²) < 4.78 is 0. The quantitative estimate of drug-likeness (QED) is 0.789. The monoisotopic (exact) mass is 265 g/mol. The standard InChI is InChI=1S/C18H19NO/c1-18(12-17(20)14-8-4-3-5-9-14)13-19(2)16-11-7-6-10-15(16)18/h3-11H,12-13H2,1-2H3. The van der Waals surface area contributed by atoms with Gasteiger partial charge in [-0.2, -0.15) is 0 Å². The number of para-hydroxylation sites is 1. The van der Waals surface area contributed by atoms with E-state index in [1.807, 2.05) is 30.3 Å². The fourth-order valence-corrected chi connectivity index (χ4v) is 3.24. The number of carbonyl (C=O) groups is 1. The second-order valence-electron chi connectivity index (χ2n) is 5.90. The molecule has 1 unspecified atom stereocenters. The van der Waals surface area contributed by atoms with Gasteiger partial charge < -0.3 is 4.90 Å². The predicted octanol–water partition coefficient (Wildman–Crippen LogP) is 3.67. The number of nitrogens with zero attached hydrogens (tertiary/aromatic N) is 1. The van der Waals surface area contributed by atoms with E-state index >= 15 is 0 Å². The van der Waals surface area contributed by atoms with Crippen LogP contribution in [0.3, 0.4) is 0 Å². The highest BCUT2D eigenvalue weighted by Gasteiger charge is 2.38. The van der Waals surface area contributed by atoms with Crippen molar-refractivity contribution in [2.75, 3.05) is 18.5 Å². The summed E-state index contributed by atoms with van der Waals surface area (Å²) in [5.74, 6) is 0.221. The van der Waals surface area contributed by atoms with Crippen LogP contribution in [-0.4, -0.2) is 19.4 Å². The number of anilines is 1. The van der Waals surface area contributed by atoms with Crippen molar-refractivity contribution >= 4 is 11.5 Å². The van der Waals surface area contributed by atoms with Crippen molar-refractivity contribution in [3.05, 3.63) is 65.7 Å². The Morgan fingerprint density at radius 1 is 1.10 bits per heavy atom. The summed E-state index contributed by atoms with van der Waals surface area (Å²) in [6.45, 7) is 3.08. The maximum atomic E-state index is 12.5. The molecule has 0 amide bonds. The van der Waals surface area contributed by atoms with Crippen molar-refractivity contribution in [2.45, 2.75) is 18.8 Å². The molecule has 0 saturated heterocycles. The van der Waals surface area contributed by atoms with Gasteiger partial charge in [0.1, 0.15) is 0 Å². The highest BCUT2D eigenvalue weighted by molar-refractivity contribution is 5.97. The molecule has 20 heavy (non-hydrogen) atoms. The van der Waals surface area contributed by atoms with Gasteiger partial charge in [0.25, 0.3) is 0 Å². The molecule has 2 nitrogen and oxygen atoms in total. The van der Waals surface area contributed by atoms with E-state index in [1.165, 1.54) is 11.3 Å². The molecule has 2 heteroatoms. The number of benzene rings is 2. The first kappa shape index (κ1) is 12.9. The van der Waals surface area contributed by atoms with Crippen molar-refractivity contribution in [3.8, 4) is 0 Å². The number of ketones is 1. The number of likely N-dealkylation sites (N-methyl/N-ethyl adjacent to an activating group) is 1. The summed E-state index contributed by atoms with van der Waals surface area (Å²) in [6, 6.07) is 18.0. The zero-order valence-corrected chi connectivity index (χ0v) is 12.0. The topological polar surface area (TPSA) is 20.3 Å². The van der Waals surface area contributed by atoms with E-state index < -0.39 is 0 Å². The van der Waals surface area contributed by atoms with Crippen LogP contribution in [0.1, 0.15) is 29.3 Å². The van der Waals surface area contributed by atoms with Gasteiger partial charge in [-0.25, -0.2) is 0 Å². The van der Waals surface area contributed by atoms with E-state index in [4.69, 9.17) is 0 Å². The van der Waals surface area contributed by atoms with Crippen LogP contribution >= 0.6 is 0 Å². The average Bonchev–Trinajstić information content (AvgIpc) is 2.72. The van der Waals surface area contributed by atoms with Crippen molar-refractivity contribution in [1.29, 1.82) is 0 Å². The number of carbonyl (C=O) groups excluding carboxylic acids is 1. The molecule has 1 atom stereocenters. The molecule has 0 fully saturated rings. The van der Waals surface area contributed by atoms with Gasteiger partial charge in [-0.15, -0.1) is 0 Å². The lowest BCUT2D eigenvalue weighted by atomic mass is 9.79. The van der Waals surface area contributed by atoms with Crippen LogP contribution in [-0.2, 0) is 5.41 Å². The molecule has 0 radical (unpaired) electrons. The Kier molecular flexibility index (Phi) is 3.09. The molecule has 1 aliphatic heterocycles. The molecule has 0 N–H and O–H groups in total. The lowest BCUT2D eigenvalue weighted by Crippen LogP contribution is -2.31. The van der Waals surface area contributed by atoms with E-state index in [0.717, 1.165) is 12.1 Å². The fourth-order valence-electron chi connectivity index (χ4n) is 3.24. The Morgan fingerprint density at radius 2 is 1.75 bits per heavy atom. The Labute approximate surface area is 120 Å². The van der Waals surface area contributed by atoms with Crippen LogP contribution in [0.25, 0.3) is 0 Å². The van der Waals surface area contributed by atoms with Crippen LogP contribution in [0.4, 0.5) is 5.69 Å². The van der Waals surface area contributed by atoms with Gasteiger partial charge in [0, 0.05) is 36.7 Å². The third-order valence-electron chi connectivity index (χ3n) is 4.20. The highest BCUT2D eigenvalue weighted by Crippen LogP contribution is 2.42. The molecule has 0 spiro atoms. The maximum Gasteiger partial charge on any atom is 0.163 e. The lowest BCUT2D eigenvalue weighted by molar-refractivity contribution is 0.0957. The second kappa shape index (κ2) is 4.78. The molecule has 2 aromatic rings. The van der Waals surface area contributed by atoms with Crippen LogP contribution in [0.15, 0.2) is 54.6 Å². The largest absolute Gasteiger partial charge is 0.373 e. The zero-order valence-electron chi connectivity index (χ0n) is 12.0. The third-order valence-corrected chi connectivity index (χ3v) is 4.20. The summed E-state index contributed by atoms with van der Waals surface area (Å²) in [7, 11) is 2.09. The van der Waals surface area contributed by atoms with E-state index in [1.54, 1.807) is 0 Å². The second-order valence-corrected chi connectivity index (χ2v) is 5.90. The van der Waals surface area contributed by atoms with Gasteiger partial charge in [-0.3, -0.25) is 4.79 Å². The van der Waals surface area contributed by atoms with Crippen molar-refractivity contribution in [3.63, 3.8) is 0 Å². The Hall–Kier alpha value is -2.09. The molecule has 102 valence electrons. The van der Waals surface area contributed by atoms with Gasteiger partial charge in [-0.05, 0) is 11.6 Å². The molecule has 2 aromatic carbocycles. The first-order valence-electron chi connectivity index (χ1n) is 6.99. The van der Waals surface area contributed by atoms with Crippen LogP contribution in [0, 0.1) is 0 Å². The van der Waals surface area contributed by atoms with Crippen molar-refractivity contribution < 1.29 is 4.79 Å². The molecule has 0 bridgehead atoms. The van der Waals surface area contributed by atoms with Crippen molar-refractivity contribution in [2.24, 2.45) is 0 Å². The number of Topliss-reactive ketones (excluding diaryl/α,β-unsaturated/α-hetero) is 1. The predicted molar refractivity (Wildman–Crippen MR) is 82.5 cm³/mol. The highest BCUT2D eigenvalue weighted by atomic mass is 16.1. The van der Waals surface area contributed by atoms with Crippen LogP contribution in [0.2, 0.25) is 0 Å². The fraction of sp³-hybridized carbons (Fsp3) is 0.278. The third kappa shape index (κ3) is 2.11. The zero-order chi connectivity index (χ0) is 14.2. The minimum atomic E-state index is -0.0989. The molecule has 3 rings (SSSR count). The summed E-state index contributed by atoms with van der Waals surface area (Å²) in [5, 5.41) is 0. The Balaban J connectivity index is 1.90. The minimum absolute atomic E-state index is 0.0989. The number of fused-ring (bicyclic) bond motifs is 1. The molecular formula is C18H19NO. The van der Waals surface area contributed by atoms with Crippen molar-refractivity contribution in [1.82, 2.24) is 0 Å². The number of hydrogen-bond donors (Lipinski definition) is 0. The van der Waals surface area contributed by atoms with E-state index in [9.17, 15) is 4.79 Å². The molecular weight excluding hydrogens is 246 g/mol. The Bertz CT molecular complexity index is 635. The molecule has 1 heterocycles. The van der Waals surface area contributed by atoms with Crippen LogP contribution < -0.4 is 4.90 Å². The minimum Gasteiger partial charge on any atom is -0.373 e. The van der Waals surface area contributed by atoms with E-state index in [0.29, 0.717) is 6.42 Å². The molecule has 0 aliphatic carbocycles. The van der Waals surface area contributed by atoms with Gasteiger partial charge in [0.05, 0.1) is 0 Å². The summed E-state index contributed by atoms with van der Waals surface area (Å²) in [5.41, 5.74) is 3.24. The van der Waals surface area contributed by atoms with Crippen LogP contribution in [0.5, 0.6) is 0 Å². The SMILES string of the molecule is CN1CC(C)(CC(=O)c2ccccc2)c2ccccc21. The van der Waals surface area contributed by atoms with Gasteiger partial charge in [-0.1, -0.05) is 55.5 Å². The van der Waals surface area contributed by atoms with Gasteiger partial charge in [0.2, 0.25) is 0 Å². The summed E-state index contributed by atoms with van der Waals surface area (Å²) >= 11 is 0. The van der Waals surface area contributed by atoms with Gasteiger partial charge >= 0.3 is 0 Å². The maximum absolute atomic E-state index is 12.5. The molecule has 0 saturated carbocycles. The first-order valence-corrected chi connectivity index (χ1v) is 6.99. The van der Waals surface area contributed by atoms with Gasteiger partial charge in [0.15, 0.2) is 5.78 Å².